The first kappa shape index (κ1) is 37.0. The van der Waals surface area contributed by atoms with Crippen molar-refractivity contribution in [2.75, 3.05) is 0 Å². The van der Waals surface area contributed by atoms with Crippen LogP contribution in [0.2, 0.25) is 0 Å². The highest BCUT2D eigenvalue weighted by molar-refractivity contribution is 6.23. The molecule has 12 aromatic carbocycles. The zero-order valence-corrected chi connectivity index (χ0v) is 35.5. The summed E-state index contributed by atoms with van der Waals surface area (Å²) in [5.74, 6) is 0. The summed E-state index contributed by atoms with van der Waals surface area (Å²) in [6.07, 6.45) is 0. The fourth-order valence-electron chi connectivity index (χ4n) is 10.3. The Hall–Kier alpha value is -8.59. The standard InChI is InChI=1S/C63H40N2/c1-3-17-44(18-4-1)57-40-49-23-11-12-24-53(49)63-61(57)62(45-19-5-2-6-20-45)64-65(63)52-34-31-43(32-35-52)48-33-36-56-58(39-48)60(51-30-28-42-16-8-10-22-47(42)38-51)55-26-14-13-25-54(55)59(56)50-29-27-41-15-7-9-21-46(41)37-50/h1-40H. The molecule has 0 fully saturated rings. The van der Waals surface area contributed by atoms with Gasteiger partial charge in [-0.15, -0.1) is 0 Å². The van der Waals surface area contributed by atoms with Crippen molar-refractivity contribution in [1.29, 1.82) is 0 Å². The summed E-state index contributed by atoms with van der Waals surface area (Å²) in [4.78, 5) is 0. The van der Waals surface area contributed by atoms with Gasteiger partial charge in [0.15, 0.2) is 0 Å². The predicted octanol–water partition coefficient (Wildman–Crippen LogP) is 17.1. The van der Waals surface area contributed by atoms with Crippen molar-refractivity contribution in [2.24, 2.45) is 0 Å². The molecule has 65 heavy (non-hydrogen) atoms. The van der Waals surface area contributed by atoms with Gasteiger partial charge in [-0.1, -0.05) is 206 Å². The summed E-state index contributed by atoms with van der Waals surface area (Å²) in [5, 5.41) is 18.9. The van der Waals surface area contributed by atoms with Gasteiger partial charge >= 0.3 is 0 Å². The summed E-state index contributed by atoms with van der Waals surface area (Å²) in [6.45, 7) is 0. The highest BCUT2D eigenvalue weighted by atomic mass is 15.3. The minimum absolute atomic E-state index is 0.972. The normalized spacial score (nSPS) is 11.7. The molecule has 0 amide bonds. The quantitative estimate of drug-likeness (QED) is 0.153. The van der Waals surface area contributed by atoms with Gasteiger partial charge in [-0.05, 0) is 129 Å². The molecule has 0 unspecified atom stereocenters. The number of benzene rings is 12. The van der Waals surface area contributed by atoms with Crippen LogP contribution in [-0.4, -0.2) is 9.78 Å². The minimum Gasteiger partial charge on any atom is -0.232 e. The molecule has 302 valence electrons. The third-order valence-electron chi connectivity index (χ3n) is 13.3. The zero-order chi connectivity index (χ0) is 42.8. The smallest absolute Gasteiger partial charge is 0.101 e. The van der Waals surface area contributed by atoms with Gasteiger partial charge in [0.2, 0.25) is 0 Å². The fourth-order valence-corrected chi connectivity index (χ4v) is 10.3. The van der Waals surface area contributed by atoms with E-state index in [1.165, 1.54) is 87.2 Å². The first-order valence-corrected chi connectivity index (χ1v) is 22.4. The van der Waals surface area contributed by atoms with Crippen LogP contribution in [0.4, 0.5) is 0 Å². The van der Waals surface area contributed by atoms with E-state index in [1.807, 2.05) is 0 Å². The Bertz CT molecular complexity index is 3980. The number of hydrogen-bond donors (Lipinski definition) is 0. The molecule has 1 aromatic heterocycles. The number of hydrogen-bond acceptors (Lipinski definition) is 1. The molecule has 0 saturated heterocycles. The van der Waals surface area contributed by atoms with Crippen molar-refractivity contribution < 1.29 is 0 Å². The molecule has 0 spiro atoms. The van der Waals surface area contributed by atoms with Gasteiger partial charge in [-0.3, -0.25) is 0 Å². The van der Waals surface area contributed by atoms with E-state index in [0.717, 1.165) is 39.0 Å². The van der Waals surface area contributed by atoms with Gasteiger partial charge in [-0.2, -0.15) is 5.10 Å². The van der Waals surface area contributed by atoms with Gasteiger partial charge in [0, 0.05) is 16.3 Å². The SMILES string of the molecule is c1ccc(-c2cc3ccccc3c3c2c(-c2ccccc2)nn3-c2ccc(-c3ccc4c(-c5ccc6ccccc6c5)c5ccccc5c(-c5ccc6ccccc6c5)c4c3)cc2)cc1. The van der Waals surface area contributed by atoms with Crippen LogP contribution in [0.15, 0.2) is 243 Å². The van der Waals surface area contributed by atoms with E-state index in [0.29, 0.717) is 0 Å². The van der Waals surface area contributed by atoms with Gasteiger partial charge in [0.25, 0.3) is 0 Å². The lowest BCUT2D eigenvalue weighted by molar-refractivity contribution is 0.918. The molecule has 0 aliphatic rings. The Balaban J connectivity index is 1.02. The molecular weight excluding hydrogens is 785 g/mol. The zero-order valence-electron chi connectivity index (χ0n) is 35.5. The van der Waals surface area contributed by atoms with Crippen molar-refractivity contribution in [1.82, 2.24) is 9.78 Å². The average Bonchev–Trinajstić information content (AvgIpc) is 3.79. The molecule has 2 heteroatoms. The van der Waals surface area contributed by atoms with Crippen LogP contribution in [0.5, 0.6) is 0 Å². The van der Waals surface area contributed by atoms with Crippen molar-refractivity contribution in [2.45, 2.75) is 0 Å². The second-order valence-corrected chi connectivity index (χ2v) is 17.1. The molecule has 0 bridgehead atoms. The van der Waals surface area contributed by atoms with Crippen LogP contribution in [0, 0.1) is 0 Å². The van der Waals surface area contributed by atoms with Crippen molar-refractivity contribution in [3.63, 3.8) is 0 Å². The number of nitrogens with zero attached hydrogens (tertiary/aromatic N) is 2. The molecule has 0 radical (unpaired) electrons. The molecule has 2 nitrogen and oxygen atoms in total. The third-order valence-corrected chi connectivity index (χ3v) is 13.3. The van der Waals surface area contributed by atoms with Crippen LogP contribution < -0.4 is 0 Å². The van der Waals surface area contributed by atoms with Crippen LogP contribution in [-0.2, 0) is 0 Å². The van der Waals surface area contributed by atoms with Crippen molar-refractivity contribution >= 4 is 64.8 Å². The van der Waals surface area contributed by atoms with E-state index >= 15 is 0 Å². The second-order valence-electron chi connectivity index (χ2n) is 17.1. The number of rotatable bonds is 6. The van der Waals surface area contributed by atoms with Gasteiger partial charge < -0.3 is 0 Å². The van der Waals surface area contributed by atoms with E-state index in [9.17, 15) is 0 Å². The molecule has 0 aliphatic heterocycles. The molecular formula is C63H40N2. The summed E-state index contributed by atoms with van der Waals surface area (Å²) in [5.41, 5.74) is 13.8. The number of aromatic nitrogens is 2. The first-order valence-electron chi connectivity index (χ1n) is 22.4. The number of fused-ring (bicyclic) bond motifs is 7. The molecule has 0 atom stereocenters. The summed E-state index contributed by atoms with van der Waals surface area (Å²) < 4.78 is 2.16. The Morgan fingerprint density at radius 2 is 0.754 bits per heavy atom. The highest BCUT2D eigenvalue weighted by Gasteiger charge is 2.22. The van der Waals surface area contributed by atoms with Crippen LogP contribution in [0.3, 0.4) is 0 Å². The molecule has 0 saturated carbocycles. The molecule has 0 N–H and O–H groups in total. The lowest BCUT2D eigenvalue weighted by Gasteiger charge is -2.19. The fraction of sp³-hybridized carbons (Fsp3) is 0. The van der Waals surface area contributed by atoms with Crippen LogP contribution in [0.25, 0.3) is 126 Å². The maximum absolute atomic E-state index is 5.48. The topological polar surface area (TPSA) is 17.8 Å². The van der Waals surface area contributed by atoms with Gasteiger partial charge in [-0.25, -0.2) is 4.68 Å². The van der Waals surface area contributed by atoms with E-state index < -0.39 is 0 Å². The molecule has 13 rings (SSSR count). The highest BCUT2D eigenvalue weighted by Crippen LogP contribution is 2.46. The van der Waals surface area contributed by atoms with Crippen molar-refractivity contribution in [3.05, 3.63) is 243 Å². The van der Waals surface area contributed by atoms with E-state index in [1.54, 1.807) is 0 Å². The first-order chi connectivity index (χ1) is 32.2. The Morgan fingerprint density at radius 3 is 1.38 bits per heavy atom. The monoisotopic (exact) mass is 824 g/mol. The molecule has 1 heterocycles. The summed E-state index contributed by atoms with van der Waals surface area (Å²) in [6, 6.07) is 88.5. The van der Waals surface area contributed by atoms with E-state index in [2.05, 4.69) is 247 Å². The molecule has 0 aliphatic carbocycles. The van der Waals surface area contributed by atoms with E-state index in [4.69, 9.17) is 5.10 Å². The van der Waals surface area contributed by atoms with Crippen LogP contribution >= 0.6 is 0 Å². The maximum atomic E-state index is 5.48. The van der Waals surface area contributed by atoms with Crippen LogP contribution in [0.1, 0.15) is 0 Å². The van der Waals surface area contributed by atoms with Gasteiger partial charge in [0.05, 0.1) is 11.2 Å². The largest absolute Gasteiger partial charge is 0.232 e. The predicted molar refractivity (Wildman–Crippen MR) is 276 cm³/mol. The summed E-state index contributed by atoms with van der Waals surface area (Å²) >= 11 is 0. The lowest BCUT2D eigenvalue weighted by Crippen LogP contribution is -1.97. The Labute approximate surface area is 376 Å². The van der Waals surface area contributed by atoms with Crippen molar-refractivity contribution in [3.8, 4) is 61.5 Å². The Kier molecular flexibility index (Phi) is 8.57. The van der Waals surface area contributed by atoms with E-state index in [-0.39, 0.29) is 0 Å². The maximum Gasteiger partial charge on any atom is 0.101 e. The van der Waals surface area contributed by atoms with Gasteiger partial charge in [0.1, 0.15) is 5.69 Å². The minimum atomic E-state index is 0.972. The Morgan fingerprint density at radius 1 is 0.277 bits per heavy atom. The third kappa shape index (κ3) is 6.14. The lowest BCUT2D eigenvalue weighted by atomic mass is 9.84. The average molecular weight is 825 g/mol. The summed E-state index contributed by atoms with van der Waals surface area (Å²) in [7, 11) is 0. The second kappa shape index (κ2) is 15.0. The molecule has 13 aromatic rings.